The third kappa shape index (κ3) is 4.30. The fourth-order valence-corrected chi connectivity index (χ4v) is 3.48. The normalized spacial score (nSPS) is 11.5. The van der Waals surface area contributed by atoms with E-state index in [0.29, 0.717) is 28.6 Å². The minimum atomic E-state index is -0.463. The Balaban J connectivity index is 2.26. The first-order chi connectivity index (χ1) is 11.6. The van der Waals surface area contributed by atoms with Crippen molar-refractivity contribution in [2.24, 2.45) is 7.05 Å². The summed E-state index contributed by atoms with van der Waals surface area (Å²) < 4.78 is 3.24. The Bertz CT molecular complexity index is 778. The van der Waals surface area contributed by atoms with Crippen LogP contribution in [0.1, 0.15) is 45.4 Å². The van der Waals surface area contributed by atoms with Crippen molar-refractivity contribution < 1.29 is 5.11 Å². The van der Waals surface area contributed by atoms with Crippen LogP contribution in [0.5, 0.6) is 0 Å². The van der Waals surface area contributed by atoms with E-state index in [0.717, 1.165) is 12.8 Å². The predicted octanol–water partition coefficient (Wildman–Crippen LogP) is 1.87. The van der Waals surface area contributed by atoms with E-state index in [4.69, 9.17) is 5.11 Å². The summed E-state index contributed by atoms with van der Waals surface area (Å²) in [4.78, 5) is 30.8. The lowest BCUT2D eigenvalue weighted by Crippen LogP contribution is -2.29. The molecule has 2 N–H and O–H groups in total. The number of nitrogens with zero attached hydrogens (tertiary/aromatic N) is 3. The number of hydrogen-bond donors (Lipinski definition) is 2. The lowest BCUT2D eigenvalue weighted by molar-refractivity contribution is 0.322. The van der Waals surface area contributed by atoms with Gasteiger partial charge in [0.05, 0.1) is 6.61 Å². The number of fused-ring (bicyclic) bond motifs is 1. The van der Waals surface area contributed by atoms with Crippen LogP contribution in [0.3, 0.4) is 0 Å². The van der Waals surface area contributed by atoms with Gasteiger partial charge in [-0.25, -0.2) is 9.78 Å². The molecule has 0 radical (unpaired) electrons. The maximum Gasteiger partial charge on any atom is 0.329 e. The van der Waals surface area contributed by atoms with Crippen LogP contribution in [0.25, 0.3) is 11.2 Å². The second-order valence-electron chi connectivity index (χ2n) is 5.88. The maximum atomic E-state index is 12.2. The Hall–Kier alpha value is -1.54. The first kappa shape index (κ1) is 18.8. The van der Waals surface area contributed by atoms with Crippen molar-refractivity contribution in [1.29, 1.82) is 0 Å². The second kappa shape index (κ2) is 9.08. The van der Waals surface area contributed by atoms with Crippen molar-refractivity contribution in [2.45, 2.75) is 57.1 Å². The Morgan fingerprint density at radius 3 is 2.58 bits per heavy atom. The third-order valence-corrected chi connectivity index (χ3v) is 4.99. The molecule has 0 bridgehead atoms. The molecule has 0 aliphatic rings. The first-order valence-electron chi connectivity index (χ1n) is 8.53. The van der Waals surface area contributed by atoms with Gasteiger partial charge in [0, 0.05) is 19.3 Å². The minimum Gasteiger partial charge on any atom is -0.396 e. The van der Waals surface area contributed by atoms with Crippen molar-refractivity contribution >= 4 is 22.9 Å². The van der Waals surface area contributed by atoms with Crippen molar-refractivity contribution in [3.63, 3.8) is 0 Å². The Morgan fingerprint density at radius 1 is 1.17 bits per heavy atom. The highest BCUT2D eigenvalue weighted by Gasteiger charge is 2.17. The largest absolute Gasteiger partial charge is 0.396 e. The highest BCUT2D eigenvalue weighted by Crippen LogP contribution is 2.22. The van der Waals surface area contributed by atoms with Gasteiger partial charge in [-0.3, -0.25) is 14.3 Å². The van der Waals surface area contributed by atoms with E-state index < -0.39 is 11.2 Å². The van der Waals surface area contributed by atoms with E-state index in [-0.39, 0.29) is 6.61 Å². The number of aliphatic hydroxyl groups excluding tert-OH is 1. The lowest BCUT2D eigenvalue weighted by Gasteiger charge is -2.08. The highest BCUT2D eigenvalue weighted by molar-refractivity contribution is 7.99. The lowest BCUT2D eigenvalue weighted by atomic mass is 10.1. The number of H-pyrrole nitrogens is 1. The molecule has 0 unspecified atom stereocenters. The highest BCUT2D eigenvalue weighted by atomic mass is 32.2. The van der Waals surface area contributed by atoms with E-state index in [1.807, 2.05) is 4.57 Å². The monoisotopic (exact) mass is 354 g/mol. The van der Waals surface area contributed by atoms with Crippen LogP contribution >= 0.6 is 11.8 Å². The van der Waals surface area contributed by atoms with Gasteiger partial charge in [0.2, 0.25) is 0 Å². The number of aliphatic hydroxyl groups is 1. The van der Waals surface area contributed by atoms with Crippen molar-refractivity contribution in [2.75, 3.05) is 12.4 Å². The fraction of sp³-hybridized carbons (Fsp3) is 0.688. The quantitative estimate of drug-likeness (QED) is 0.502. The summed E-state index contributed by atoms with van der Waals surface area (Å²) >= 11 is 1.40. The molecule has 7 nitrogen and oxygen atoms in total. The van der Waals surface area contributed by atoms with Gasteiger partial charge >= 0.3 is 5.69 Å². The zero-order chi connectivity index (χ0) is 17.5. The van der Waals surface area contributed by atoms with Gasteiger partial charge in [-0.15, -0.1) is 0 Å². The van der Waals surface area contributed by atoms with E-state index in [1.54, 1.807) is 7.05 Å². The molecule has 0 aromatic carbocycles. The topological polar surface area (TPSA) is 92.9 Å². The summed E-state index contributed by atoms with van der Waals surface area (Å²) in [7, 11) is 1.60. The molecular formula is C16H26N4O3S. The van der Waals surface area contributed by atoms with Crippen LogP contribution < -0.4 is 11.2 Å². The number of aromatic amines is 1. The molecule has 8 heteroatoms. The van der Waals surface area contributed by atoms with Gasteiger partial charge in [0.1, 0.15) is 0 Å². The van der Waals surface area contributed by atoms with E-state index in [2.05, 4.69) is 16.9 Å². The van der Waals surface area contributed by atoms with Crippen LogP contribution in [0, 0.1) is 0 Å². The molecule has 0 saturated heterocycles. The molecule has 2 heterocycles. The number of aryl methyl sites for hydroxylation is 2. The molecule has 0 fully saturated rings. The van der Waals surface area contributed by atoms with Crippen LogP contribution in [-0.2, 0) is 13.6 Å². The summed E-state index contributed by atoms with van der Waals surface area (Å²) in [5, 5.41) is 9.74. The molecule has 0 amide bonds. The van der Waals surface area contributed by atoms with Crippen molar-refractivity contribution in [3.8, 4) is 0 Å². The number of aromatic nitrogens is 4. The molecule has 24 heavy (non-hydrogen) atoms. The average Bonchev–Trinajstić information content (AvgIpc) is 2.93. The number of imidazole rings is 1. The summed E-state index contributed by atoms with van der Waals surface area (Å²) in [6.07, 6.45) is 6.97. The predicted molar refractivity (Wildman–Crippen MR) is 96.8 cm³/mol. The third-order valence-electron chi connectivity index (χ3n) is 4.03. The SMILES string of the molecule is CCCCCCCCn1c(SCCO)nc2c1c(=O)[nH]c(=O)n2C. The molecule has 2 rings (SSSR count). The smallest absolute Gasteiger partial charge is 0.329 e. The molecule has 0 saturated carbocycles. The van der Waals surface area contributed by atoms with Gasteiger partial charge in [-0.2, -0.15) is 0 Å². The second-order valence-corrected chi connectivity index (χ2v) is 6.94. The molecule has 0 aliphatic carbocycles. The molecule has 0 spiro atoms. The maximum absolute atomic E-state index is 12.2. The standard InChI is InChI=1S/C16H26N4O3S/c1-3-4-5-6-7-8-9-20-12-13(17-16(20)24-11-10-21)19(2)15(23)18-14(12)22/h21H,3-11H2,1-2H3,(H,18,22,23). The number of rotatable bonds is 10. The van der Waals surface area contributed by atoms with Crippen LogP contribution in [0.2, 0.25) is 0 Å². The summed E-state index contributed by atoms with van der Waals surface area (Å²) in [6.45, 7) is 2.93. The van der Waals surface area contributed by atoms with Gasteiger partial charge in [-0.1, -0.05) is 50.8 Å². The van der Waals surface area contributed by atoms with Gasteiger partial charge in [-0.05, 0) is 6.42 Å². The zero-order valence-corrected chi connectivity index (χ0v) is 15.2. The van der Waals surface area contributed by atoms with Gasteiger partial charge < -0.3 is 9.67 Å². The molecular weight excluding hydrogens is 328 g/mol. The Labute approximate surface area is 145 Å². The van der Waals surface area contributed by atoms with E-state index in [9.17, 15) is 9.59 Å². The van der Waals surface area contributed by atoms with E-state index in [1.165, 1.54) is 42.0 Å². The first-order valence-corrected chi connectivity index (χ1v) is 9.52. The molecule has 0 atom stereocenters. The number of unbranched alkanes of at least 4 members (excludes halogenated alkanes) is 5. The van der Waals surface area contributed by atoms with Gasteiger partial charge in [0.15, 0.2) is 16.3 Å². The van der Waals surface area contributed by atoms with Crippen LogP contribution in [0.4, 0.5) is 0 Å². The van der Waals surface area contributed by atoms with Crippen LogP contribution in [0.15, 0.2) is 14.7 Å². The number of hydrogen-bond acceptors (Lipinski definition) is 5. The van der Waals surface area contributed by atoms with E-state index >= 15 is 0 Å². The summed E-state index contributed by atoms with van der Waals surface area (Å²) in [5.41, 5.74) is -0.0286. The zero-order valence-electron chi connectivity index (χ0n) is 14.4. The average molecular weight is 354 g/mol. The fourth-order valence-electron chi connectivity index (χ4n) is 2.72. The Morgan fingerprint density at radius 2 is 1.88 bits per heavy atom. The Kier molecular flexibility index (Phi) is 7.11. The summed E-state index contributed by atoms with van der Waals surface area (Å²) in [6, 6.07) is 0. The van der Waals surface area contributed by atoms with Crippen LogP contribution in [-0.4, -0.2) is 36.6 Å². The summed E-state index contributed by atoms with van der Waals surface area (Å²) in [5.74, 6) is 0.506. The molecule has 0 aliphatic heterocycles. The minimum absolute atomic E-state index is 0.0418. The molecule has 2 aromatic rings. The molecule has 2 aromatic heterocycles. The van der Waals surface area contributed by atoms with Gasteiger partial charge in [0.25, 0.3) is 5.56 Å². The number of nitrogens with one attached hydrogen (secondary N) is 1. The van der Waals surface area contributed by atoms with Crippen molar-refractivity contribution in [3.05, 3.63) is 20.8 Å². The number of thioether (sulfide) groups is 1. The molecule has 134 valence electrons. The van der Waals surface area contributed by atoms with Crippen molar-refractivity contribution in [1.82, 2.24) is 19.1 Å².